The number of benzene rings is 2. The number of carbonyl (C=O) groups excluding carboxylic acids is 1. The van der Waals surface area contributed by atoms with Crippen LogP contribution < -0.4 is 0 Å². The fourth-order valence-corrected chi connectivity index (χ4v) is 4.70. The molecule has 1 aliphatic heterocycles. The molecule has 1 fully saturated rings. The van der Waals surface area contributed by atoms with Gasteiger partial charge in [-0.25, -0.2) is 13.9 Å². The van der Waals surface area contributed by atoms with Crippen molar-refractivity contribution >= 4 is 17.0 Å². The fourth-order valence-electron chi connectivity index (χ4n) is 4.70. The number of amides is 1. The van der Waals surface area contributed by atoms with Gasteiger partial charge in [0, 0.05) is 31.6 Å². The minimum absolute atomic E-state index is 0.164. The van der Waals surface area contributed by atoms with Crippen molar-refractivity contribution in [2.24, 2.45) is 0 Å². The first-order valence-corrected chi connectivity index (χ1v) is 12.3. The highest BCUT2D eigenvalue weighted by Gasteiger charge is 2.35. The summed E-state index contributed by atoms with van der Waals surface area (Å²) in [4.78, 5) is 16.3. The van der Waals surface area contributed by atoms with Crippen LogP contribution in [0.1, 0.15) is 50.8 Å². The Balaban J connectivity index is 1.71. The van der Waals surface area contributed by atoms with E-state index < -0.39 is 30.3 Å². The van der Waals surface area contributed by atoms with Crippen LogP contribution in [-0.4, -0.2) is 63.6 Å². The molecule has 0 N–H and O–H groups in total. The standard InChI is InChI=1S/C27H32F4N4O2/c1-18-14-23-19(16-32-35(23)21-8-6-20(28)7-9-21)15-22(18)24-17-34(25(36)37-26(2,3)4)12-5-11-33(24)13-10-27(29,30)31/h6-9,14-16,24H,5,10-13,17H2,1-4H3. The Hall–Kier alpha value is -3.14. The van der Waals surface area contributed by atoms with Crippen molar-refractivity contribution in [3.63, 3.8) is 0 Å². The van der Waals surface area contributed by atoms with Gasteiger partial charge in [0.2, 0.25) is 0 Å². The summed E-state index contributed by atoms with van der Waals surface area (Å²) in [5.41, 5.74) is 2.51. The van der Waals surface area contributed by atoms with Crippen molar-refractivity contribution in [2.45, 2.75) is 58.4 Å². The summed E-state index contributed by atoms with van der Waals surface area (Å²) in [7, 11) is 0. The van der Waals surface area contributed by atoms with Crippen LogP contribution in [0, 0.1) is 12.7 Å². The maximum Gasteiger partial charge on any atom is 0.410 e. The normalized spacial score (nSPS) is 17.7. The van der Waals surface area contributed by atoms with Crippen molar-refractivity contribution in [1.29, 1.82) is 0 Å². The molecular weight excluding hydrogens is 488 g/mol. The van der Waals surface area contributed by atoms with Crippen LogP contribution in [0.5, 0.6) is 0 Å². The summed E-state index contributed by atoms with van der Waals surface area (Å²) in [5.74, 6) is -0.347. The quantitative estimate of drug-likeness (QED) is 0.373. The van der Waals surface area contributed by atoms with Crippen LogP contribution in [0.4, 0.5) is 22.4 Å². The zero-order valence-electron chi connectivity index (χ0n) is 21.5. The zero-order valence-corrected chi connectivity index (χ0v) is 21.5. The summed E-state index contributed by atoms with van der Waals surface area (Å²) >= 11 is 0. The average molecular weight is 521 g/mol. The Labute approximate surface area is 213 Å². The predicted molar refractivity (Wildman–Crippen MR) is 133 cm³/mol. The molecule has 0 spiro atoms. The molecule has 10 heteroatoms. The lowest BCUT2D eigenvalue weighted by molar-refractivity contribution is -0.139. The smallest absolute Gasteiger partial charge is 0.410 e. The first-order chi connectivity index (χ1) is 17.3. The Morgan fingerprint density at radius 1 is 1.11 bits per heavy atom. The van der Waals surface area contributed by atoms with Crippen molar-refractivity contribution in [1.82, 2.24) is 19.6 Å². The molecule has 2 aromatic carbocycles. The molecule has 2 heterocycles. The minimum atomic E-state index is -4.28. The third-order valence-electron chi connectivity index (χ3n) is 6.43. The van der Waals surface area contributed by atoms with Crippen LogP contribution in [-0.2, 0) is 4.74 Å². The number of carbonyl (C=O) groups is 1. The molecule has 6 nitrogen and oxygen atoms in total. The molecule has 1 aromatic heterocycles. The molecular formula is C27H32F4N4O2. The van der Waals surface area contributed by atoms with E-state index in [-0.39, 0.29) is 18.9 Å². The van der Waals surface area contributed by atoms with Gasteiger partial charge in [0.25, 0.3) is 0 Å². The second-order valence-corrected chi connectivity index (χ2v) is 10.5. The first kappa shape index (κ1) is 26.9. The largest absolute Gasteiger partial charge is 0.444 e. The minimum Gasteiger partial charge on any atom is -0.444 e. The second-order valence-electron chi connectivity index (χ2n) is 10.5. The molecule has 4 rings (SSSR count). The topological polar surface area (TPSA) is 50.6 Å². The summed E-state index contributed by atoms with van der Waals surface area (Å²) in [6.45, 7) is 8.13. The van der Waals surface area contributed by atoms with Gasteiger partial charge in [-0.3, -0.25) is 4.90 Å². The Kier molecular flexibility index (Phi) is 7.50. The number of alkyl halides is 3. The predicted octanol–water partition coefficient (Wildman–Crippen LogP) is 6.41. The van der Waals surface area contributed by atoms with E-state index in [4.69, 9.17) is 4.74 Å². The van der Waals surface area contributed by atoms with Crippen LogP contribution in [0.3, 0.4) is 0 Å². The SMILES string of the molecule is Cc1cc2c(cnn2-c2ccc(F)cc2)cc1C1CN(C(=O)OC(C)(C)C)CCCN1CCC(F)(F)F. The van der Waals surface area contributed by atoms with Gasteiger partial charge in [-0.1, -0.05) is 0 Å². The summed E-state index contributed by atoms with van der Waals surface area (Å²) in [6.07, 6.45) is -3.46. The van der Waals surface area contributed by atoms with Crippen molar-refractivity contribution < 1.29 is 27.1 Å². The molecule has 1 unspecified atom stereocenters. The molecule has 37 heavy (non-hydrogen) atoms. The van der Waals surface area contributed by atoms with Gasteiger partial charge in [0.1, 0.15) is 11.4 Å². The molecule has 1 aliphatic rings. The first-order valence-electron chi connectivity index (χ1n) is 12.3. The van der Waals surface area contributed by atoms with Gasteiger partial charge >= 0.3 is 12.3 Å². The third-order valence-corrected chi connectivity index (χ3v) is 6.43. The van der Waals surface area contributed by atoms with E-state index in [0.717, 1.165) is 22.0 Å². The van der Waals surface area contributed by atoms with Crippen LogP contribution in [0.2, 0.25) is 0 Å². The van der Waals surface area contributed by atoms with Crippen molar-refractivity contribution in [2.75, 3.05) is 26.2 Å². The molecule has 0 bridgehead atoms. The maximum atomic E-state index is 13.4. The highest BCUT2D eigenvalue weighted by atomic mass is 19.4. The number of fused-ring (bicyclic) bond motifs is 1. The van der Waals surface area contributed by atoms with E-state index in [0.29, 0.717) is 25.2 Å². The van der Waals surface area contributed by atoms with Crippen LogP contribution in [0.25, 0.3) is 16.6 Å². The molecule has 1 saturated heterocycles. The van der Waals surface area contributed by atoms with E-state index in [1.807, 2.05) is 24.0 Å². The molecule has 1 atom stereocenters. The lowest BCUT2D eigenvalue weighted by atomic mass is 9.97. The van der Waals surface area contributed by atoms with E-state index in [2.05, 4.69) is 5.10 Å². The number of ether oxygens (including phenoxy) is 1. The third kappa shape index (κ3) is 6.60. The number of rotatable bonds is 4. The van der Waals surface area contributed by atoms with Crippen molar-refractivity contribution in [3.05, 3.63) is 59.5 Å². The number of aromatic nitrogens is 2. The van der Waals surface area contributed by atoms with E-state index in [1.54, 1.807) is 48.7 Å². The van der Waals surface area contributed by atoms with Gasteiger partial charge in [-0.2, -0.15) is 18.3 Å². The van der Waals surface area contributed by atoms with Crippen molar-refractivity contribution in [3.8, 4) is 5.69 Å². The molecule has 200 valence electrons. The number of nitrogens with zero attached hydrogens (tertiary/aromatic N) is 4. The zero-order chi connectivity index (χ0) is 27.0. The van der Waals surface area contributed by atoms with Gasteiger partial charge in [-0.15, -0.1) is 0 Å². The summed E-state index contributed by atoms with van der Waals surface area (Å²) in [5, 5.41) is 5.26. The average Bonchev–Trinajstić information content (AvgIpc) is 3.06. The molecule has 3 aromatic rings. The molecule has 0 radical (unpaired) electrons. The Morgan fingerprint density at radius 3 is 2.46 bits per heavy atom. The van der Waals surface area contributed by atoms with Crippen LogP contribution in [0.15, 0.2) is 42.6 Å². The van der Waals surface area contributed by atoms with E-state index in [9.17, 15) is 22.4 Å². The fraction of sp³-hybridized carbons (Fsp3) is 0.481. The number of hydrogen-bond donors (Lipinski definition) is 0. The molecule has 0 aliphatic carbocycles. The number of hydrogen-bond acceptors (Lipinski definition) is 4. The summed E-state index contributed by atoms with van der Waals surface area (Å²) in [6, 6.07) is 9.41. The maximum absolute atomic E-state index is 13.4. The Bertz CT molecular complexity index is 1250. The molecule has 1 amide bonds. The van der Waals surface area contributed by atoms with Gasteiger partial charge in [-0.05, 0) is 81.6 Å². The lowest BCUT2D eigenvalue weighted by Gasteiger charge is -2.34. The van der Waals surface area contributed by atoms with Gasteiger partial charge in [0.15, 0.2) is 0 Å². The highest BCUT2D eigenvalue weighted by molar-refractivity contribution is 5.82. The number of aryl methyl sites for hydroxylation is 1. The van der Waals surface area contributed by atoms with Gasteiger partial charge < -0.3 is 9.64 Å². The molecule has 0 saturated carbocycles. The van der Waals surface area contributed by atoms with E-state index in [1.165, 1.54) is 12.1 Å². The van der Waals surface area contributed by atoms with Gasteiger partial charge in [0.05, 0.1) is 29.9 Å². The monoisotopic (exact) mass is 520 g/mol. The number of halogens is 4. The summed E-state index contributed by atoms with van der Waals surface area (Å²) < 4.78 is 60.2. The Morgan fingerprint density at radius 2 is 1.81 bits per heavy atom. The van der Waals surface area contributed by atoms with Crippen LogP contribution >= 0.6 is 0 Å². The van der Waals surface area contributed by atoms with E-state index >= 15 is 0 Å². The highest BCUT2D eigenvalue weighted by Crippen LogP contribution is 2.33. The second kappa shape index (κ2) is 10.3. The lowest BCUT2D eigenvalue weighted by Crippen LogP contribution is -2.41.